The van der Waals surface area contributed by atoms with Crippen LogP contribution in [0.15, 0.2) is 46.8 Å². The molecular formula is C18H15ClN2O5S2. The monoisotopic (exact) mass is 438 g/mol. The van der Waals surface area contributed by atoms with E-state index in [1.165, 1.54) is 18.2 Å². The van der Waals surface area contributed by atoms with Crippen LogP contribution in [-0.4, -0.2) is 32.0 Å². The summed E-state index contributed by atoms with van der Waals surface area (Å²) in [4.78, 5) is 15.1. The van der Waals surface area contributed by atoms with Crippen molar-refractivity contribution in [3.63, 3.8) is 0 Å². The SMILES string of the molecule is CCOc1ccc(-c2cc(S(=O)Nc3ccc(C(=O)O)c(O)c3)sc2Cl)cn1. The molecule has 0 aliphatic rings. The third kappa shape index (κ3) is 4.44. The molecule has 0 aliphatic carbocycles. The van der Waals surface area contributed by atoms with Gasteiger partial charge in [0.15, 0.2) is 11.0 Å². The van der Waals surface area contributed by atoms with Crippen LogP contribution in [0, 0.1) is 0 Å². The first-order valence-electron chi connectivity index (χ1n) is 8.02. The van der Waals surface area contributed by atoms with Gasteiger partial charge in [0.2, 0.25) is 5.88 Å². The molecule has 0 aliphatic heterocycles. The van der Waals surface area contributed by atoms with Crippen molar-refractivity contribution in [1.29, 1.82) is 0 Å². The number of aromatic carboxylic acids is 1. The first-order chi connectivity index (χ1) is 13.4. The number of pyridine rings is 1. The predicted molar refractivity (Wildman–Crippen MR) is 109 cm³/mol. The smallest absolute Gasteiger partial charge is 0.339 e. The molecule has 3 rings (SSSR count). The number of hydrogen-bond acceptors (Lipinski definition) is 6. The number of hydrogen-bond donors (Lipinski definition) is 3. The van der Waals surface area contributed by atoms with Crippen LogP contribution in [0.4, 0.5) is 5.69 Å². The van der Waals surface area contributed by atoms with Gasteiger partial charge in [0.05, 0.1) is 12.3 Å². The van der Waals surface area contributed by atoms with Crippen LogP contribution in [-0.2, 0) is 11.0 Å². The Labute approximate surface area is 172 Å². The van der Waals surface area contributed by atoms with Crippen molar-refractivity contribution in [2.24, 2.45) is 0 Å². The highest BCUT2D eigenvalue weighted by Gasteiger charge is 2.16. The molecule has 0 fully saturated rings. The second-order valence-electron chi connectivity index (χ2n) is 5.48. The maximum absolute atomic E-state index is 12.6. The molecule has 0 radical (unpaired) electrons. The van der Waals surface area contributed by atoms with E-state index in [-0.39, 0.29) is 5.56 Å². The highest BCUT2D eigenvalue weighted by molar-refractivity contribution is 7.88. The number of anilines is 1. The zero-order valence-corrected chi connectivity index (χ0v) is 16.9. The lowest BCUT2D eigenvalue weighted by Gasteiger charge is -2.06. The summed E-state index contributed by atoms with van der Waals surface area (Å²) in [5.41, 5.74) is 1.53. The first-order valence-corrected chi connectivity index (χ1v) is 10.4. The largest absolute Gasteiger partial charge is 0.507 e. The standard InChI is InChI=1S/C18H15ClN2O5S2/c1-2-26-15-6-3-10(9-20-15)13-8-16(27-17(13)19)28(25)21-11-4-5-12(18(23)24)14(22)7-11/h3-9,21-22H,2H2,1H3,(H,23,24). The molecule has 1 atom stereocenters. The zero-order valence-electron chi connectivity index (χ0n) is 14.5. The number of carboxylic acids is 1. The van der Waals surface area contributed by atoms with Crippen molar-refractivity contribution in [3.05, 3.63) is 52.5 Å². The summed E-state index contributed by atoms with van der Waals surface area (Å²) in [6, 6.07) is 9.10. The second kappa shape index (κ2) is 8.59. The topological polar surface area (TPSA) is 109 Å². The van der Waals surface area contributed by atoms with Gasteiger partial charge in [-0.05, 0) is 31.2 Å². The fourth-order valence-corrected chi connectivity index (χ4v) is 4.88. The lowest BCUT2D eigenvalue weighted by molar-refractivity contribution is 0.0694. The molecule has 146 valence electrons. The van der Waals surface area contributed by atoms with E-state index in [4.69, 9.17) is 21.4 Å². The number of rotatable bonds is 7. The Morgan fingerprint density at radius 1 is 1.32 bits per heavy atom. The molecule has 7 nitrogen and oxygen atoms in total. The fourth-order valence-electron chi connectivity index (χ4n) is 2.34. The molecule has 0 bridgehead atoms. The van der Waals surface area contributed by atoms with Crippen LogP contribution in [0.3, 0.4) is 0 Å². The number of nitrogens with one attached hydrogen (secondary N) is 1. The highest BCUT2D eigenvalue weighted by Crippen LogP contribution is 2.37. The van der Waals surface area contributed by atoms with Crippen molar-refractivity contribution in [3.8, 4) is 22.8 Å². The van der Waals surface area contributed by atoms with E-state index in [0.717, 1.165) is 16.9 Å². The summed E-state index contributed by atoms with van der Waals surface area (Å²) in [5, 5.41) is 18.7. The predicted octanol–water partition coefficient (Wildman–Crippen LogP) is 4.40. The van der Waals surface area contributed by atoms with Gasteiger partial charge in [-0.25, -0.2) is 14.0 Å². The Hall–Kier alpha value is -2.62. The number of carbonyl (C=O) groups is 1. The van der Waals surface area contributed by atoms with Gasteiger partial charge in [-0.15, -0.1) is 11.3 Å². The lowest BCUT2D eigenvalue weighted by atomic mass is 10.1. The van der Waals surface area contributed by atoms with Crippen molar-refractivity contribution in [2.45, 2.75) is 11.1 Å². The van der Waals surface area contributed by atoms with Crippen molar-refractivity contribution >= 4 is 45.6 Å². The van der Waals surface area contributed by atoms with Gasteiger partial charge in [0, 0.05) is 29.5 Å². The summed E-state index contributed by atoms with van der Waals surface area (Å²) >= 11 is 7.45. The average molecular weight is 439 g/mol. The van der Waals surface area contributed by atoms with Crippen LogP contribution in [0.25, 0.3) is 11.1 Å². The summed E-state index contributed by atoms with van der Waals surface area (Å²) in [6.45, 7) is 2.39. The summed E-state index contributed by atoms with van der Waals surface area (Å²) < 4.78 is 21.6. The fraction of sp³-hybridized carbons (Fsp3) is 0.111. The van der Waals surface area contributed by atoms with Gasteiger partial charge in [-0.3, -0.25) is 0 Å². The molecule has 10 heteroatoms. The van der Waals surface area contributed by atoms with Gasteiger partial charge >= 0.3 is 5.97 Å². The molecule has 3 aromatic rings. The van der Waals surface area contributed by atoms with Gasteiger partial charge in [-0.2, -0.15) is 0 Å². The van der Waals surface area contributed by atoms with E-state index in [1.54, 1.807) is 18.3 Å². The Balaban J connectivity index is 1.79. The van der Waals surface area contributed by atoms with E-state index in [1.807, 2.05) is 13.0 Å². The number of aromatic nitrogens is 1. The number of carboxylic acid groups (broad SMARTS) is 1. The third-order valence-corrected chi connectivity index (χ3v) is 6.39. The minimum absolute atomic E-state index is 0.235. The number of nitrogens with zero attached hydrogens (tertiary/aromatic N) is 1. The summed E-state index contributed by atoms with van der Waals surface area (Å²) in [5.74, 6) is -1.16. The Morgan fingerprint density at radius 2 is 2.11 bits per heavy atom. The molecule has 3 N–H and O–H groups in total. The summed E-state index contributed by atoms with van der Waals surface area (Å²) in [7, 11) is -1.65. The number of aromatic hydroxyl groups is 1. The van der Waals surface area contributed by atoms with Gasteiger partial charge < -0.3 is 19.7 Å². The number of ether oxygens (including phenoxy) is 1. The first kappa shape index (κ1) is 20.1. The molecule has 0 saturated heterocycles. The molecule has 0 spiro atoms. The minimum atomic E-state index is -1.65. The number of thiophene rings is 1. The van der Waals surface area contributed by atoms with Crippen LogP contribution < -0.4 is 9.46 Å². The van der Waals surface area contributed by atoms with E-state index >= 15 is 0 Å². The quantitative estimate of drug-likeness (QED) is 0.504. The van der Waals surface area contributed by atoms with Crippen molar-refractivity contribution in [2.75, 3.05) is 11.3 Å². The molecule has 28 heavy (non-hydrogen) atoms. The molecule has 2 heterocycles. The van der Waals surface area contributed by atoms with Gasteiger partial charge in [-0.1, -0.05) is 11.6 Å². The van der Waals surface area contributed by atoms with Crippen molar-refractivity contribution in [1.82, 2.24) is 4.98 Å². The number of benzene rings is 1. The van der Waals surface area contributed by atoms with Crippen LogP contribution in [0.2, 0.25) is 4.34 Å². The van der Waals surface area contributed by atoms with E-state index < -0.39 is 22.7 Å². The molecular weight excluding hydrogens is 424 g/mol. The van der Waals surface area contributed by atoms with E-state index in [9.17, 15) is 14.1 Å². The Bertz CT molecular complexity index is 1040. The molecule has 1 aromatic carbocycles. The lowest BCUT2D eigenvalue weighted by Crippen LogP contribution is -2.04. The van der Waals surface area contributed by atoms with Crippen LogP contribution in [0.5, 0.6) is 11.6 Å². The minimum Gasteiger partial charge on any atom is -0.507 e. The number of halogens is 1. The van der Waals surface area contributed by atoms with Crippen LogP contribution in [0.1, 0.15) is 17.3 Å². The van der Waals surface area contributed by atoms with E-state index in [2.05, 4.69) is 9.71 Å². The maximum atomic E-state index is 12.6. The van der Waals surface area contributed by atoms with Crippen LogP contribution >= 0.6 is 22.9 Å². The molecule has 0 saturated carbocycles. The second-order valence-corrected chi connectivity index (χ2v) is 8.57. The summed E-state index contributed by atoms with van der Waals surface area (Å²) in [6.07, 6.45) is 1.63. The van der Waals surface area contributed by atoms with Gasteiger partial charge in [0.1, 0.15) is 19.9 Å². The van der Waals surface area contributed by atoms with E-state index in [0.29, 0.717) is 32.3 Å². The normalized spacial score (nSPS) is 11.8. The zero-order chi connectivity index (χ0) is 20.3. The van der Waals surface area contributed by atoms with Crippen molar-refractivity contribution < 1.29 is 24.0 Å². The maximum Gasteiger partial charge on any atom is 0.339 e. The third-order valence-electron chi connectivity index (χ3n) is 3.63. The number of phenols is 1. The van der Waals surface area contributed by atoms with Gasteiger partial charge in [0.25, 0.3) is 0 Å². The Kier molecular flexibility index (Phi) is 6.18. The molecule has 1 unspecified atom stereocenters. The highest BCUT2D eigenvalue weighted by atomic mass is 35.5. The molecule has 0 amide bonds. The molecule has 2 aromatic heterocycles. The average Bonchev–Trinajstić information content (AvgIpc) is 3.04. The Morgan fingerprint density at radius 3 is 2.71 bits per heavy atom.